The Hall–Kier alpha value is -2.20. The second-order valence-corrected chi connectivity index (χ2v) is 5.32. The molecule has 10 heteroatoms. The van der Waals surface area contributed by atoms with Gasteiger partial charge in [0.2, 0.25) is 17.7 Å². The quantitative estimate of drug-likeness (QED) is 0.332. The Bertz CT molecular complexity index is 483. The molecule has 0 unspecified atom stereocenters. The number of hydrogen-bond donors (Lipinski definition) is 5. The van der Waals surface area contributed by atoms with Crippen molar-refractivity contribution in [1.82, 2.24) is 15.5 Å². The smallest absolute Gasteiger partial charge is 0.326 e. The fourth-order valence-corrected chi connectivity index (χ4v) is 2.27. The number of likely N-dealkylation sites (tertiary alicyclic amines) is 1. The minimum Gasteiger partial charge on any atom is -0.480 e. The topological polar surface area (TPSA) is 162 Å². The average Bonchev–Trinajstić information content (AvgIpc) is 3.00. The van der Waals surface area contributed by atoms with Crippen molar-refractivity contribution in [3.8, 4) is 0 Å². The molecule has 0 saturated carbocycles. The van der Waals surface area contributed by atoms with E-state index in [1.54, 1.807) is 0 Å². The number of aliphatic carboxylic acids is 1. The Morgan fingerprint density at radius 1 is 1.35 bits per heavy atom. The summed E-state index contributed by atoms with van der Waals surface area (Å²) in [5, 5.41) is 22.4. The highest BCUT2D eigenvalue weighted by Gasteiger charge is 2.36. The van der Waals surface area contributed by atoms with Gasteiger partial charge in [-0.05, 0) is 19.8 Å². The maximum absolute atomic E-state index is 12.2. The Morgan fingerprint density at radius 2 is 2.00 bits per heavy atom. The predicted octanol–water partition coefficient (Wildman–Crippen LogP) is -3.00. The minimum absolute atomic E-state index is 0.331. The first kappa shape index (κ1) is 18.8. The van der Waals surface area contributed by atoms with E-state index < -0.39 is 55.0 Å². The number of carbonyl (C=O) groups excluding carboxylic acids is 3. The highest BCUT2D eigenvalue weighted by atomic mass is 16.4. The van der Waals surface area contributed by atoms with Crippen LogP contribution in [0.5, 0.6) is 0 Å². The summed E-state index contributed by atoms with van der Waals surface area (Å²) in [4.78, 5) is 47.5. The second kappa shape index (κ2) is 8.44. The fraction of sp³-hybridized carbons (Fsp3) is 0.692. The third-order valence-corrected chi connectivity index (χ3v) is 3.53. The zero-order chi connectivity index (χ0) is 17.6. The molecule has 0 aromatic heterocycles. The monoisotopic (exact) mass is 330 g/mol. The number of amides is 3. The standard InChI is InChI=1S/C13H22N4O6/c1-7(12(21)17-4-2-3-9(17)13(22)23)16-10(19)5-15-11(20)8(14)6-18/h7-9,18H,2-6,14H2,1H3,(H,15,20)(H,16,19)(H,22,23)/t7-,8-,9-/m0/s1. The van der Waals surface area contributed by atoms with E-state index in [1.807, 2.05) is 0 Å². The van der Waals surface area contributed by atoms with Crippen molar-refractivity contribution in [2.75, 3.05) is 19.7 Å². The summed E-state index contributed by atoms with van der Waals surface area (Å²) >= 11 is 0. The van der Waals surface area contributed by atoms with E-state index in [-0.39, 0.29) is 0 Å². The van der Waals surface area contributed by atoms with Gasteiger partial charge in [0.05, 0.1) is 13.2 Å². The molecule has 130 valence electrons. The summed E-state index contributed by atoms with van der Waals surface area (Å²) in [5.41, 5.74) is 5.27. The molecule has 3 atom stereocenters. The molecule has 6 N–H and O–H groups in total. The first-order chi connectivity index (χ1) is 10.8. The highest BCUT2D eigenvalue weighted by Crippen LogP contribution is 2.18. The van der Waals surface area contributed by atoms with E-state index in [4.69, 9.17) is 15.9 Å². The first-order valence-electron chi connectivity index (χ1n) is 7.24. The van der Waals surface area contributed by atoms with Gasteiger partial charge in [0.15, 0.2) is 0 Å². The Kier molecular flexibility index (Phi) is 6.91. The van der Waals surface area contributed by atoms with Gasteiger partial charge >= 0.3 is 5.97 Å². The van der Waals surface area contributed by atoms with Crippen molar-refractivity contribution in [1.29, 1.82) is 0 Å². The van der Waals surface area contributed by atoms with Gasteiger partial charge in [-0.2, -0.15) is 0 Å². The molecule has 1 fully saturated rings. The molecule has 1 rings (SSSR count). The van der Waals surface area contributed by atoms with E-state index in [1.165, 1.54) is 11.8 Å². The summed E-state index contributed by atoms with van der Waals surface area (Å²) in [5.74, 6) is -2.86. The minimum atomic E-state index is -1.12. The third kappa shape index (κ3) is 5.18. The number of carboxylic acid groups (broad SMARTS) is 1. The van der Waals surface area contributed by atoms with Gasteiger partial charge in [0.1, 0.15) is 18.1 Å². The van der Waals surface area contributed by atoms with Gasteiger partial charge < -0.3 is 31.5 Å². The molecule has 23 heavy (non-hydrogen) atoms. The number of aliphatic hydroxyl groups excluding tert-OH is 1. The van der Waals surface area contributed by atoms with E-state index in [0.717, 1.165) is 0 Å². The van der Waals surface area contributed by atoms with Crippen molar-refractivity contribution >= 4 is 23.7 Å². The van der Waals surface area contributed by atoms with E-state index in [9.17, 15) is 19.2 Å². The van der Waals surface area contributed by atoms with E-state index in [2.05, 4.69) is 10.6 Å². The van der Waals surface area contributed by atoms with Crippen LogP contribution in [0.15, 0.2) is 0 Å². The lowest BCUT2D eigenvalue weighted by Gasteiger charge is -2.25. The van der Waals surface area contributed by atoms with Gasteiger partial charge in [0, 0.05) is 6.54 Å². The third-order valence-electron chi connectivity index (χ3n) is 3.53. The van der Waals surface area contributed by atoms with Crippen molar-refractivity contribution in [3.63, 3.8) is 0 Å². The van der Waals surface area contributed by atoms with Crippen LogP contribution < -0.4 is 16.4 Å². The molecule has 0 bridgehead atoms. The van der Waals surface area contributed by atoms with Crippen molar-refractivity contribution in [2.24, 2.45) is 5.73 Å². The maximum Gasteiger partial charge on any atom is 0.326 e. The van der Waals surface area contributed by atoms with Crippen molar-refractivity contribution in [2.45, 2.75) is 37.9 Å². The normalized spacial score (nSPS) is 19.8. The number of nitrogens with one attached hydrogen (secondary N) is 2. The predicted molar refractivity (Wildman–Crippen MR) is 78.0 cm³/mol. The molecule has 0 aliphatic carbocycles. The summed E-state index contributed by atoms with van der Waals surface area (Å²) in [6, 6.07) is -2.90. The Labute approximate surface area is 133 Å². The molecule has 0 aromatic carbocycles. The lowest BCUT2D eigenvalue weighted by molar-refractivity contribution is -0.149. The van der Waals surface area contributed by atoms with Crippen molar-refractivity contribution < 1.29 is 29.4 Å². The number of hydrogen-bond acceptors (Lipinski definition) is 6. The number of nitrogens with two attached hydrogens (primary N) is 1. The molecule has 10 nitrogen and oxygen atoms in total. The average molecular weight is 330 g/mol. The molecule has 1 saturated heterocycles. The summed E-state index contributed by atoms with van der Waals surface area (Å²) in [6.07, 6.45) is 0.981. The molecule has 0 aromatic rings. The lowest BCUT2D eigenvalue weighted by Crippen LogP contribution is -2.52. The van der Waals surface area contributed by atoms with Gasteiger partial charge in [-0.1, -0.05) is 0 Å². The first-order valence-corrected chi connectivity index (χ1v) is 7.24. The van der Waals surface area contributed by atoms with Crippen LogP contribution in [0.2, 0.25) is 0 Å². The number of carboxylic acids is 1. The summed E-state index contributed by atoms with van der Waals surface area (Å²) in [7, 11) is 0. The highest BCUT2D eigenvalue weighted by molar-refractivity contribution is 5.92. The summed E-state index contributed by atoms with van der Waals surface area (Å²) in [6.45, 7) is 0.831. The molecule has 3 amide bonds. The van der Waals surface area contributed by atoms with Crippen LogP contribution >= 0.6 is 0 Å². The van der Waals surface area contributed by atoms with Crippen LogP contribution in [0, 0.1) is 0 Å². The summed E-state index contributed by atoms with van der Waals surface area (Å²) < 4.78 is 0. The van der Waals surface area contributed by atoms with Crippen molar-refractivity contribution in [3.05, 3.63) is 0 Å². The maximum atomic E-state index is 12.2. The van der Waals surface area contributed by atoms with E-state index >= 15 is 0 Å². The van der Waals surface area contributed by atoms with Crippen LogP contribution in [0.4, 0.5) is 0 Å². The molecule has 0 spiro atoms. The van der Waals surface area contributed by atoms with Gasteiger partial charge in [-0.25, -0.2) is 4.79 Å². The largest absolute Gasteiger partial charge is 0.480 e. The molecule has 1 aliphatic heterocycles. The molecule has 1 aliphatic rings. The van der Waals surface area contributed by atoms with Crippen LogP contribution in [0.1, 0.15) is 19.8 Å². The SMILES string of the molecule is C[C@H](NC(=O)CNC(=O)[C@@H](N)CO)C(=O)N1CCC[C@H]1C(=O)O. The van der Waals surface area contributed by atoms with Gasteiger partial charge in [-0.15, -0.1) is 0 Å². The van der Waals surface area contributed by atoms with Crippen LogP contribution in [0.3, 0.4) is 0 Å². The van der Waals surface area contributed by atoms with Crippen LogP contribution in [0.25, 0.3) is 0 Å². The number of nitrogens with zero attached hydrogens (tertiary/aromatic N) is 1. The Balaban J connectivity index is 2.47. The molecule has 0 radical (unpaired) electrons. The Morgan fingerprint density at radius 3 is 2.57 bits per heavy atom. The fourth-order valence-electron chi connectivity index (χ4n) is 2.27. The van der Waals surface area contributed by atoms with Crippen LogP contribution in [-0.4, -0.2) is 76.6 Å². The van der Waals surface area contributed by atoms with Gasteiger partial charge in [-0.3, -0.25) is 14.4 Å². The number of carbonyl (C=O) groups is 4. The van der Waals surface area contributed by atoms with Crippen LogP contribution in [-0.2, 0) is 19.2 Å². The number of aliphatic hydroxyl groups is 1. The van der Waals surface area contributed by atoms with Gasteiger partial charge in [0.25, 0.3) is 0 Å². The molecule has 1 heterocycles. The lowest BCUT2D eigenvalue weighted by atomic mass is 10.2. The zero-order valence-electron chi connectivity index (χ0n) is 12.8. The molecular weight excluding hydrogens is 308 g/mol. The molecular formula is C13H22N4O6. The zero-order valence-corrected chi connectivity index (χ0v) is 12.8. The number of rotatable bonds is 7. The van der Waals surface area contributed by atoms with E-state index in [0.29, 0.717) is 19.4 Å². The second-order valence-electron chi connectivity index (χ2n) is 5.32.